The Balaban J connectivity index is 1.68. The monoisotopic (exact) mass is 376 g/mol. The van der Waals surface area contributed by atoms with Gasteiger partial charge in [-0.2, -0.15) is 0 Å². The maximum absolute atomic E-state index is 14.4. The smallest absolute Gasteiger partial charge is 0.222 e. The molecule has 27 heavy (non-hydrogen) atoms. The van der Waals surface area contributed by atoms with Crippen molar-refractivity contribution in [3.63, 3.8) is 0 Å². The lowest BCUT2D eigenvalue weighted by atomic mass is 9.84. The van der Waals surface area contributed by atoms with E-state index in [1.807, 2.05) is 4.90 Å². The molecule has 2 aliphatic rings. The molecule has 1 N–H and O–H groups in total. The summed E-state index contributed by atoms with van der Waals surface area (Å²) in [6.45, 7) is 3.80. The van der Waals surface area contributed by atoms with Gasteiger partial charge in [0.05, 0.1) is 7.11 Å². The number of hydrogen-bond acceptors (Lipinski definition) is 3. The number of ether oxygens (including phenoxy) is 1. The van der Waals surface area contributed by atoms with Gasteiger partial charge < -0.3 is 15.0 Å². The molecule has 0 unspecified atom stereocenters. The first kappa shape index (κ1) is 19.6. The molecule has 0 aromatic heterocycles. The van der Waals surface area contributed by atoms with Crippen LogP contribution in [0.2, 0.25) is 0 Å². The second-order valence-electron chi connectivity index (χ2n) is 8.05. The topological polar surface area (TPSA) is 58.6 Å². The van der Waals surface area contributed by atoms with Crippen LogP contribution in [0.5, 0.6) is 5.75 Å². The van der Waals surface area contributed by atoms with Crippen LogP contribution in [0.15, 0.2) is 18.2 Å². The molecule has 2 fully saturated rings. The van der Waals surface area contributed by atoms with E-state index in [4.69, 9.17) is 4.74 Å². The lowest BCUT2D eigenvalue weighted by Crippen LogP contribution is -2.46. The molecule has 6 heteroatoms. The van der Waals surface area contributed by atoms with Crippen LogP contribution in [0, 0.1) is 11.7 Å². The van der Waals surface area contributed by atoms with Crippen molar-refractivity contribution in [2.24, 2.45) is 5.92 Å². The molecule has 0 saturated carbocycles. The van der Waals surface area contributed by atoms with Crippen LogP contribution in [-0.4, -0.2) is 42.5 Å². The number of nitrogens with zero attached hydrogens (tertiary/aromatic N) is 1. The Morgan fingerprint density at radius 1 is 1.44 bits per heavy atom. The van der Waals surface area contributed by atoms with Gasteiger partial charge in [-0.3, -0.25) is 9.59 Å². The van der Waals surface area contributed by atoms with Crippen LogP contribution in [0.4, 0.5) is 4.39 Å². The van der Waals surface area contributed by atoms with Gasteiger partial charge in [0.1, 0.15) is 11.6 Å². The Kier molecular flexibility index (Phi) is 6.02. The molecule has 2 saturated heterocycles. The molecular weight excluding hydrogens is 347 g/mol. The van der Waals surface area contributed by atoms with Gasteiger partial charge >= 0.3 is 0 Å². The lowest BCUT2D eigenvalue weighted by Gasteiger charge is -2.33. The zero-order valence-electron chi connectivity index (χ0n) is 16.2. The molecule has 0 aliphatic carbocycles. The predicted octanol–water partition coefficient (Wildman–Crippen LogP) is 3.06. The Bertz CT molecular complexity index is 709. The molecular formula is C21H29FN2O3. The van der Waals surface area contributed by atoms with Crippen molar-refractivity contribution in [3.05, 3.63) is 29.6 Å². The second-order valence-corrected chi connectivity index (χ2v) is 8.05. The molecule has 2 aliphatic heterocycles. The lowest BCUT2D eigenvalue weighted by molar-refractivity contribution is -0.133. The minimum atomic E-state index is -0.552. The normalized spacial score (nSPS) is 25.4. The highest BCUT2D eigenvalue weighted by molar-refractivity contribution is 5.80. The van der Waals surface area contributed by atoms with E-state index in [1.54, 1.807) is 12.1 Å². The summed E-state index contributed by atoms with van der Waals surface area (Å²) < 4.78 is 19.5. The van der Waals surface area contributed by atoms with E-state index < -0.39 is 5.54 Å². The van der Waals surface area contributed by atoms with Crippen LogP contribution < -0.4 is 10.1 Å². The molecule has 148 valence electrons. The first-order chi connectivity index (χ1) is 12.9. The van der Waals surface area contributed by atoms with Gasteiger partial charge in [0.15, 0.2) is 0 Å². The van der Waals surface area contributed by atoms with E-state index >= 15 is 0 Å². The Hall–Kier alpha value is -2.11. The number of halogens is 1. The molecule has 2 heterocycles. The molecule has 1 aromatic carbocycles. The zero-order chi connectivity index (χ0) is 19.4. The van der Waals surface area contributed by atoms with E-state index in [1.165, 1.54) is 19.6 Å². The van der Waals surface area contributed by atoms with Crippen molar-refractivity contribution < 1.29 is 18.7 Å². The number of carbonyl (C=O) groups excluding carboxylic acids is 2. The minimum absolute atomic E-state index is 0.0250. The fourth-order valence-corrected chi connectivity index (χ4v) is 4.27. The van der Waals surface area contributed by atoms with Gasteiger partial charge in [-0.15, -0.1) is 0 Å². The maximum atomic E-state index is 14.4. The first-order valence-corrected chi connectivity index (χ1v) is 9.82. The largest absolute Gasteiger partial charge is 0.497 e. The number of rotatable bonds is 6. The summed E-state index contributed by atoms with van der Waals surface area (Å²) in [4.78, 5) is 26.5. The number of methoxy groups -OCH3 is 1. The zero-order valence-corrected chi connectivity index (χ0v) is 16.2. The van der Waals surface area contributed by atoms with Crippen LogP contribution in [0.1, 0.15) is 51.0 Å². The van der Waals surface area contributed by atoms with Crippen LogP contribution in [0.3, 0.4) is 0 Å². The molecule has 3 rings (SSSR count). The standard InChI is InChI=1S/C21H29FN2O3/c1-15-4-3-11-24(14-15)20(26)8-10-21(9-7-19(25)23-21)13-16-5-6-17(27-2)12-18(16)22/h5-6,12,15H,3-4,7-11,13-14H2,1-2H3,(H,23,25)/t15-,21+/m0/s1. The Morgan fingerprint density at radius 2 is 2.26 bits per heavy atom. The summed E-state index contributed by atoms with van der Waals surface area (Å²) in [6.07, 6.45) is 4.57. The van der Waals surface area contributed by atoms with Crippen molar-refractivity contribution in [2.75, 3.05) is 20.2 Å². The number of carbonyl (C=O) groups is 2. The number of hydrogen-bond donors (Lipinski definition) is 1. The van der Waals surface area contributed by atoms with Crippen molar-refractivity contribution in [1.82, 2.24) is 10.2 Å². The summed E-state index contributed by atoms with van der Waals surface area (Å²) >= 11 is 0. The highest BCUT2D eigenvalue weighted by atomic mass is 19.1. The highest BCUT2D eigenvalue weighted by Crippen LogP contribution is 2.32. The SMILES string of the molecule is COc1ccc(C[C@]2(CCC(=O)N3CCC[C@H](C)C3)CCC(=O)N2)c(F)c1. The van der Waals surface area contributed by atoms with Crippen LogP contribution in [-0.2, 0) is 16.0 Å². The summed E-state index contributed by atoms with van der Waals surface area (Å²) in [5.41, 5.74) is -0.0131. The number of likely N-dealkylation sites (tertiary alicyclic amines) is 1. The van der Waals surface area contributed by atoms with E-state index in [2.05, 4.69) is 12.2 Å². The fourth-order valence-electron chi connectivity index (χ4n) is 4.27. The van der Waals surface area contributed by atoms with Crippen molar-refractivity contribution >= 4 is 11.8 Å². The second kappa shape index (κ2) is 8.28. The molecule has 0 spiro atoms. The Labute approximate surface area is 160 Å². The minimum Gasteiger partial charge on any atom is -0.497 e. The summed E-state index contributed by atoms with van der Waals surface area (Å²) in [6, 6.07) is 4.79. The number of amides is 2. The third kappa shape index (κ3) is 4.79. The third-order valence-electron chi connectivity index (χ3n) is 5.85. The van der Waals surface area contributed by atoms with Gasteiger partial charge in [-0.05, 0) is 49.7 Å². The van der Waals surface area contributed by atoms with Crippen molar-refractivity contribution in [1.29, 1.82) is 0 Å². The van der Waals surface area contributed by atoms with E-state index in [0.29, 0.717) is 49.3 Å². The predicted molar refractivity (Wildman–Crippen MR) is 101 cm³/mol. The number of nitrogens with one attached hydrogen (secondary N) is 1. The molecule has 2 amide bonds. The van der Waals surface area contributed by atoms with E-state index in [0.717, 1.165) is 19.5 Å². The number of piperidine rings is 1. The number of benzene rings is 1. The average molecular weight is 376 g/mol. The van der Waals surface area contributed by atoms with Gasteiger partial charge in [-0.1, -0.05) is 13.0 Å². The van der Waals surface area contributed by atoms with Gasteiger partial charge in [0, 0.05) is 37.5 Å². The first-order valence-electron chi connectivity index (χ1n) is 9.82. The van der Waals surface area contributed by atoms with Crippen LogP contribution in [0.25, 0.3) is 0 Å². The summed E-state index contributed by atoms with van der Waals surface area (Å²) in [5, 5.41) is 3.03. The Morgan fingerprint density at radius 3 is 2.89 bits per heavy atom. The quantitative estimate of drug-likeness (QED) is 0.830. The highest BCUT2D eigenvalue weighted by Gasteiger charge is 2.39. The molecule has 1 aromatic rings. The molecule has 5 nitrogen and oxygen atoms in total. The summed E-state index contributed by atoms with van der Waals surface area (Å²) in [5.74, 6) is 0.776. The van der Waals surface area contributed by atoms with Crippen molar-refractivity contribution in [2.45, 2.75) is 57.4 Å². The van der Waals surface area contributed by atoms with Gasteiger partial charge in [0.25, 0.3) is 0 Å². The third-order valence-corrected chi connectivity index (χ3v) is 5.85. The van der Waals surface area contributed by atoms with Gasteiger partial charge in [-0.25, -0.2) is 4.39 Å². The molecule has 2 atom stereocenters. The fraction of sp³-hybridized carbons (Fsp3) is 0.619. The van der Waals surface area contributed by atoms with E-state index in [-0.39, 0.29) is 17.6 Å². The van der Waals surface area contributed by atoms with E-state index in [9.17, 15) is 14.0 Å². The average Bonchev–Trinajstić information content (AvgIpc) is 3.02. The maximum Gasteiger partial charge on any atom is 0.222 e. The van der Waals surface area contributed by atoms with Crippen LogP contribution >= 0.6 is 0 Å². The molecule has 0 radical (unpaired) electrons. The van der Waals surface area contributed by atoms with Crippen molar-refractivity contribution in [3.8, 4) is 5.75 Å². The van der Waals surface area contributed by atoms with Gasteiger partial charge in [0.2, 0.25) is 11.8 Å². The molecule has 0 bridgehead atoms. The summed E-state index contributed by atoms with van der Waals surface area (Å²) in [7, 11) is 1.50.